The predicted molar refractivity (Wildman–Crippen MR) is 137 cm³/mol. The van der Waals surface area contributed by atoms with E-state index >= 15 is 4.39 Å². The molecule has 2 N–H and O–H groups in total. The molecule has 2 unspecified atom stereocenters. The molecule has 0 aromatic carbocycles. The van der Waals surface area contributed by atoms with Crippen molar-refractivity contribution in [3.8, 4) is 0 Å². The molecule has 2 aromatic heterocycles. The molecule has 2 aliphatic rings. The molecule has 38 heavy (non-hydrogen) atoms. The van der Waals surface area contributed by atoms with Gasteiger partial charge < -0.3 is 23.4 Å². The van der Waals surface area contributed by atoms with E-state index < -0.39 is 59.5 Å². The number of hydrogen-bond acceptors (Lipinski definition) is 8. The first kappa shape index (κ1) is 29.3. The van der Waals surface area contributed by atoms with Crippen LogP contribution in [0.2, 0.25) is 22.2 Å². The zero-order chi connectivity index (χ0) is 28.4. The third-order valence-electron chi connectivity index (χ3n) is 7.57. The topological polar surface area (TPSA) is 107 Å². The zero-order valence-corrected chi connectivity index (χ0v) is 24.9. The number of nitrogens with two attached hydrogens (primary N) is 1. The van der Waals surface area contributed by atoms with Gasteiger partial charge in [0.05, 0.1) is 12.9 Å². The van der Waals surface area contributed by atoms with Crippen molar-refractivity contribution >= 4 is 34.1 Å². The maximum absolute atomic E-state index is 16.3. The summed E-state index contributed by atoms with van der Waals surface area (Å²) in [6.07, 6.45) is -8.66. The SMILES string of the molecule is CC(C)[Si]1(C(C)C)OC[C@H]2O[C@@H](n3cnc4c(N)nc(C(F)(F)F)nc43)C(F)C2O[Si](C(C)C)(C(C)C)O1. The fourth-order valence-corrected chi connectivity index (χ4v) is 16.8. The molecule has 214 valence electrons. The van der Waals surface area contributed by atoms with Crippen LogP contribution in [0, 0.1) is 0 Å². The number of halogens is 4. The zero-order valence-electron chi connectivity index (χ0n) is 22.9. The van der Waals surface area contributed by atoms with E-state index in [1.807, 2.05) is 27.7 Å². The van der Waals surface area contributed by atoms with E-state index in [-0.39, 0.29) is 39.9 Å². The molecular weight excluding hydrogens is 542 g/mol. The molecule has 2 aliphatic heterocycles. The van der Waals surface area contributed by atoms with Gasteiger partial charge in [-0.25, -0.2) is 19.3 Å². The molecule has 2 aromatic rings. The van der Waals surface area contributed by atoms with Crippen molar-refractivity contribution in [2.75, 3.05) is 12.3 Å². The van der Waals surface area contributed by atoms with Gasteiger partial charge in [0.2, 0.25) is 5.82 Å². The highest BCUT2D eigenvalue weighted by atomic mass is 28.5. The lowest BCUT2D eigenvalue weighted by atomic mass is 10.1. The summed E-state index contributed by atoms with van der Waals surface area (Å²) in [5.41, 5.74) is 5.50. The first-order chi connectivity index (χ1) is 17.5. The molecule has 0 saturated carbocycles. The predicted octanol–water partition coefficient (Wildman–Crippen LogP) is 5.62. The highest BCUT2D eigenvalue weighted by molar-refractivity contribution is 6.84. The highest BCUT2D eigenvalue weighted by Crippen LogP contribution is 2.49. The summed E-state index contributed by atoms with van der Waals surface area (Å²) in [6, 6.07) is 0. The Kier molecular flexibility index (Phi) is 7.77. The third kappa shape index (κ3) is 4.68. The lowest BCUT2D eigenvalue weighted by molar-refractivity contribution is -0.144. The summed E-state index contributed by atoms with van der Waals surface area (Å²) in [6.45, 7) is 16.4. The number of ether oxygens (including phenoxy) is 1. The Morgan fingerprint density at radius 1 is 0.974 bits per heavy atom. The Morgan fingerprint density at radius 2 is 1.55 bits per heavy atom. The van der Waals surface area contributed by atoms with E-state index in [9.17, 15) is 13.2 Å². The number of fused-ring (bicyclic) bond motifs is 2. The van der Waals surface area contributed by atoms with Crippen LogP contribution >= 0.6 is 0 Å². The summed E-state index contributed by atoms with van der Waals surface area (Å²) in [5, 5.41) is 0. The van der Waals surface area contributed by atoms with E-state index in [2.05, 4.69) is 42.6 Å². The Bertz CT molecular complexity index is 1150. The molecule has 4 heterocycles. The molecule has 0 spiro atoms. The number of aromatic nitrogens is 4. The first-order valence-electron chi connectivity index (χ1n) is 12.9. The van der Waals surface area contributed by atoms with Gasteiger partial charge in [-0.05, 0) is 22.2 Å². The minimum Gasteiger partial charge on any atom is -0.414 e. The highest BCUT2D eigenvalue weighted by Gasteiger charge is 2.62. The van der Waals surface area contributed by atoms with Crippen LogP contribution in [0.5, 0.6) is 0 Å². The number of hydrogen-bond donors (Lipinski definition) is 1. The van der Waals surface area contributed by atoms with Crippen LogP contribution in [-0.4, -0.2) is 61.6 Å². The van der Waals surface area contributed by atoms with Crippen molar-refractivity contribution < 1.29 is 35.3 Å². The Balaban J connectivity index is 1.80. The van der Waals surface area contributed by atoms with E-state index in [0.29, 0.717) is 0 Å². The van der Waals surface area contributed by atoms with Crippen LogP contribution in [0.1, 0.15) is 67.4 Å². The van der Waals surface area contributed by atoms with Gasteiger partial charge in [0.25, 0.3) is 0 Å². The fraction of sp³-hybridized carbons (Fsp3) is 0.783. The van der Waals surface area contributed by atoms with Gasteiger partial charge in [-0.2, -0.15) is 13.2 Å². The number of alkyl halides is 4. The van der Waals surface area contributed by atoms with Crippen LogP contribution < -0.4 is 5.73 Å². The summed E-state index contributed by atoms with van der Waals surface area (Å²) in [4.78, 5) is 11.0. The van der Waals surface area contributed by atoms with Gasteiger partial charge in [0, 0.05) is 0 Å². The van der Waals surface area contributed by atoms with Crippen LogP contribution in [0.25, 0.3) is 11.2 Å². The molecule has 15 heteroatoms. The maximum Gasteiger partial charge on any atom is 0.451 e. The Morgan fingerprint density at radius 3 is 2.08 bits per heavy atom. The average molecular weight is 580 g/mol. The van der Waals surface area contributed by atoms with Gasteiger partial charge in [-0.15, -0.1) is 0 Å². The second kappa shape index (κ2) is 10.1. The fourth-order valence-electron chi connectivity index (χ4n) is 5.58. The average Bonchev–Trinajstić information content (AvgIpc) is 3.33. The van der Waals surface area contributed by atoms with E-state index in [1.165, 1.54) is 6.33 Å². The molecule has 0 radical (unpaired) electrons. The van der Waals surface area contributed by atoms with Crippen LogP contribution in [0.4, 0.5) is 23.4 Å². The van der Waals surface area contributed by atoms with Crippen molar-refractivity contribution in [1.29, 1.82) is 0 Å². The quantitative estimate of drug-likeness (QED) is 0.359. The van der Waals surface area contributed by atoms with E-state index in [1.54, 1.807) is 0 Å². The molecule has 9 nitrogen and oxygen atoms in total. The molecular formula is C23H37F4N5O4Si2. The number of anilines is 1. The van der Waals surface area contributed by atoms with Crippen LogP contribution in [-0.2, 0) is 23.9 Å². The Labute approximate surface area is 221 Å². The minimum absolute atomic E-state index is 0.0302. The molecule has 0 amide bonds. The monoisotopic (exact) mass is 579 g/mol. The molecule has 4 atom stereocenters. The van der Waals surface area contributed by atoms with Gasteiger partial charge in [-0.1, -0.05) is 55.4 Å². The van der Waals surface area contributed by atoms with Gasteiger partial charge in [0.15, 0.2) is 23.9 Å². The van der Waals surface area contributed by atoms with Gasteiger partial charge >= 0.3 is 23.3 Å². The molecule has 4 rings (SSSR count). The standard InChI is InChI=1S/C23H37F4N5O4Si2/c1-11(2)37(12(3)4)33-9-15-18(35-38(36-37,13(5)6)14(7)8)16(24)21(34-15)32-10-29-17-19(28)30-22(23(25,26)27)31-20(17)32/h10-16,18,21H,9H2,1-8H3,(H2,28,30,31)/t15-,16?,18?,21-/m1/s1. The van der Waals surface area contributed by atoms with Crippen molar-refractivity contribution in [2.24, 2.45) is 0 Å². The summed E-state index contributed by atoms with van der Waals surface area (Å²) in [7, 11) is -6.00. The molecule has 0 aliphatic carbocycles. The molecule has 2 saturated heterocycles. The minimum atomic E-state index is -4.84. The smallest absolute Gasteiger partial charge is 0.414 e. The largest absolute Gasteiger partial charge is 0.451 e. The van der Waals surface area contributed by atoms with Gasteiger partial charge in [-0.3, -0.25) is 4.57 Å². The van der Waals surface area contributed by atoms with Crippen molar-refractivity contribution in [3.05, 3.63) is 12.2 Å². The molecule has 2 fully saturated rings. The normalized spacial score (nSPS) is 27.9. The van der Waals surface area contributed by atoms with Crippen LogP contribution in [0.15, 0.2) is 6.33 Å². The molecule has 0 bridgehead atoms. The number of rotatable bonds is 5. The summed E-state index contributed by atoms with van der Waals surface area (Å²) < 4.78 is 84.2. The first-order valence-corrected chi connectivity index (χ1v) is 16.9. The van der Waals surface area contributed by atoms with E-state index in [0.717, 1.165) is 4.57 Å². The lowest BCUT2D eigenvalue weighted by Crippen LogP contribution is -2.65. The summed E-state index contributed by atoms with van der Waals surface area (Å²) >= 11 is 0. The van der Waals surface area contributed by atoms with E-state index in [4.69, 9.17) is 23.4 Å². The number of imidazole rings is 1. The van der Waals surface area contributed by atoms with Gasteiger partial charge in [0.1, 0.15) is 17.7 Å². The second-order valence-electron chi connectivity index (χ2n) is 11.3. The summed E-state index contributed by atoms with van der Waals surface area (Å²) in [5.74, 6) is -1.89. The van der Waals surface area contributed by atoms with Crippen LogP contribution in [0.3, 0.4) is 0 Å². The number of nitrogen functional groups attached to an aromatic ring is 1. The number of nitrogens with zero attached hydrogens (tertiary/aromatic N) is 4. The third-order valence-corrected chi connectivity index (χ3v) is 17.8. The second-order valence-corrected chi connectivity index (χ2v) is 20.2. The van der Waals surface area contributed by atoms with Crippen molar-refractivity contribution in [2.45, 2.75) is 108 Å². The Hall–Kier alpha value is -1.66. The van der Waals surface area contributed by atoms with Crippen molar-refractivity contribution in [3.63, 3.8) is 0 Å². The van der Waals surface area contributed by atoms with Crippen molar-refractivity contribution in [1.82, 2.24) is 19.5 Å². The lowest BCUT2D eigenvalue weighted by Gasteiger charge is -2.51. The maximum atomic E-state index is 16.3.